The summed E-state index contributed by atoms with van der Waals surface area (Å²) in [7, 11) is -0.691. The molecule has 12 heteroatoms. The molecule has 0 saturated heterocycles. The average Bonchev–Trinajstić information content (AvgIpc) is 3.42. The number of nitrogens with one attached hydrogen (secondary N) is 2. The number of benzene rings is 2. The Labute approximate surface area is 192 Å². The Morgan fingerprint density at radius 3 is 2.71 bits per heavy atom. The minimum absolute atomic E-state index is 0.152. The molecule has 0 aliphatic rings. The summed E-state index contributed by atoms with van der Waals surface area (Å²) < 4.78 is 62.3. The maximum absolute atomic E-state index is 13.9. The molecule has 0 aliphatic heterocycles. The summed E-state index contributed by atoms with van der Waals surface area (Å²) in [4.78, 5) is 12.6. The number of oxazole rings is 1. The topological polar surface area (TPSA) is 115 Å². The van der Waals surface area contributed by atoms with Crippen LogP contribution < -0.4 is 10.0 Å². The maximum atomic E-state index is 13.9. The smallest absolute Gasteiger partial charge is 0.251 e. The molecule has 0 amide bonds. The molecule has 0 saturated carbocycles. The van der Waals surface area contributed by atoms with Crippen LogP contribution in [0, 0.1) is 11.6 Å². The normalized spacial score (nSPS) is 12.0. The lowest BCUT2D eigenvalue weighted by Crippen LogP contribution is -2.24. The summed E-state index contributed by atoms with van der Waals surface area (Å²) in [5.41, 5.74) is 3.43. The molecule has 0 fully saturated rings. The fourth-order valence-corrected chi connectivity index (χ4v) is 4.74. The summed E-state index contributed by atoms with van der Waals surface area (Å²) in [6.45, 7) is -0.152. The Hall–Kier alpha value is -3.90. The van der Waals surface area contributed by atoms with E-state index >= 15 is 0 Å². The lowest BCUT2D eigenvalue weighted by molar-refractivity contribution is 0.545. The van der Waals surface area contributed by atoms with Gasteiger partial charge in [0.15, 0.2) is 11.3 Å². The number of fused-ring (bicyclic) bond motifs is 3. The molecule has 5 aromatic rings. The van der Waals surface area contributed by atoms with Gasteiger partial charge in [-0.2, -0.15) is 4.98 Å². The minimum atomic E-state index is -4.27. The highest BCUT2D eigenvalue weighted by Gasteiger charge is 2.21. The summed E-state index contributed by atoms with van der Waals surface area (Å²) in [6, 6.07) is 9.10. The quantitative estimate of drug-likeness (QED) is 0.379. The number of aromatic nitrogens is 4. The van der Waals surface area contributed by atoms with Gasteiger partial charge in [0.1, 0.15) is 27.6 Å². The van der Waals surface area contributed by atoms with Crippen LogP contribution in [0.2, 0.25) is 0 Å². The molecule has 34 heavy (non-hydrogen) atoms. The number of anilines is 1. The number of nitrogens with zero attached hydrogens (tertiary/aromatic N) is 4. The number of hydrogen-bond acceptors (Lipinski definition) is 7. The third-order valence-electron chi connectivity index (χ3n) is 5.27. The standard InChI is InChI=1S/C22H18F2N6O3S/c1-25-20-17-19(30(2)11-26-17)18-22(29-20)33-21(28-18)13-5-3-4-12(8-13)10-27-34(31,32)16-9-14(23)6-7-15(16)24/h3-9,11,27H,10H2,1-2H3,(H,25,29). The monoisotopic (exact) mass is 484 g/mol. The van der Waals surface area contributed by atoms with Crippen molar-refractivity contribution in [1.82, 2.24) is 24.2 Å². The number of rotatable bonds is 6. The summed E-state index contributed by atoms with van der Waals surface area (Å²) in [5, 5.41) is 3.00. The Morgan fingerprint density at radius 2 is 1.91 bits per heavy atom. The zero-order valence-electron chi connectivity index (χ0n) is 18.0. The van der Waals surface area contributed by atoms with Crippen LogP contribution in [0.1, 0.15) is 5.56 Å². The summed E-state index contributed by atoms with van der Waals surface area (Å²) >= 11 is 0. The SMILES string of the molecule is CNc1nc2oc(-c3cccc(CNS(=O)(=O)c4cc(F)ccc4F)c3)nc2c2c1ncn2C. The van der Waals surface area contributed by atoms with Gasteiger partial charge in [-0.1, -0.05) is 12.1 Å². The molecular weight excluding hydrogens is 466 g/mol. The van der Waals surface area contributed by atoms with E-state index in [1.807, 2.05) is 11.6 Å². The minimum Gasteiger partial charge on any atom is -0.418 e. The van der Waals surface area contributed by atoms with E-state index in [0.717, 1.165) is 17.6 Å². The van der Waals surface area contributed by atoms with Crippen molar-refractivity contribution in [3.8, 4) is 11.5 Å². The molecule has 3 aromatic heterocycles. The van der Waals surface area contributed by atoms with Gasteiger partial charge in [0.2, 0.25) is 15.9 Å². The van der Waals surface area contributed by atoms with Gasteiger partial charge in [-0.3, -0.25) is 0 Å². The van der Waals surface area contributed by atoms with E-state index in [-0.39, 0.29) is 6.54 Å². The number of halogens is 2. The van der Waals surface area contributed by atoms with Gasteiger partial charge in [-0.05, 0) is 35.9 Å². The largest absolute Gasteiger partial charge is 0.418 e. The third-order valence-corrected chi connectivity index (χ3v) is 6.68. The van der Waals surface area contributed by atoms with Crippen LogP contribution >= 0.6 is 0 Å². The van der Waals surface area contributed by atoms with Gasteiger partial charge in [-0.25, -0.2) is 31.9 Å². The first-order valence-corrected chi connectivity index (χ1v) is 11.6. The molecule has 0 atom stereocenters. The van der Waals surface area contributed by atoms with Crippen LogP contribution in [-0.2, 0) is 23.6 Å². The first-order valence-electron chi connectivity index (χ1n) is 10.1. The second kappa shape index (κ2) is 8.15. The van der Waals surface area contributed by atoms with Gasteiger partial charge < -0.3 is 14.3 Å². The van der Waals surface area contributed by atoms with Crippen molar-refractivity contribution < 1.29 is 21.6 Å². The maximum Gasteiger partial charge on any atom is 0.251 e. The Kier molecular flexibility index (Phi) is 5.25. The molecule has 0 aliphatic carbocycles. The zero-order chi connectivity index (χ0) is 24.0. The second-order valence-corrected chi connectivity index (χ2v) is 9.27. The van der Waals surface area contributed by atoms with Crippen molar-refractivity contribution in [2.45, 2.75) is 11.4 Å². The molecule has 174 valence electrons. The fraction of sp³-hybridized carbons (Fsp3) is 0.136. The van der Waals surface area contributed by atoms with Crippen molar-refractivity contribution in [3.63, 3.8) is 0 Å². The first-order chi connectivity index (χ1) is 16.3. The van der Waals surface area contributed by atoms with E-state index < -0.39 is 26.6 Å². The third kappa shape index (κ3) is 3.76. The van der Waals surface area contributed by atoms with Crippen LogP contribution in [0.15, 0.2) is 58.1 Å². The molecule has 9 nitrogen and oxygen atoms in total. The van der Waals surface area contributed by atoms with Crippen LogP contribution in [0.25, 0.3) is 33.7 Å². The van der Waals surface area contributed by atoms with Gasteiger partial charge in [0, 0.05) is 26.2 Å². The lowest BCUT2D eigenvalue weighted by Gasteiger charge is -2.08. The number of hydrogen-bond donors (Lipinski definition) is 2. The lowest BCUT2D eigenvalue weighted by atomic mass is 10.1. The van der Waals surface area contributed by atoms with Gasteiger partial charge in [-0.15, -0.1) is 0 Å². The fourth-order valence-electron chi connectivity index (χ4n) is 3.63. The van der Waals surface area contributed by atoms with E-state index in [0.29, 0.717) is 45.6 Å². The first kappa shape index (κ1) is 21.9. The van der Waals surface area contributed by atoms with Gasteiger partial charge in [0.05, 0.1) is 6.33 Å². The molecule has 0 spiro atoms. The van der Waals surface area contributed by atoms with Crippen molar-refractivity contribution in [3.05, 3.63) is 66.0 Å². The van der Waals surface area contributed by atoms with E-state index in [4.69, 9.17) is 4.42 Å². The Bertz CT molecular complexity index is 1660. The molecule has 0 radical (unpaired) electrons. The van der Waals surface area contributed by atoms with E-state index in [2.05, 4.69) is 25.0 Å². The molecule has 0 bridgehead atoms. The van der Waals surface area contributed by atoms with E-state index in [9.17, 15) is 17.2 Å². The molecular formula is C22H18F2N6O3S. The Morgan fingerprint density at radius 1 is 1.09 bits per heavy atom. The van der Waals surface area contributed by atoms with Crippen LogP contribution in [-0.4, -0.2) is 35.0 Å². The average molecular weight is 484 g/mol. The second-order valence-electron chi connectivity index (χ2n) is 7.54. The van der Waals surface area contributed by atoms with E-state index in [1.165, 1.54) is 0 Å². The van der Waals surface area contributed by atoms with Crippen molar-refractivity contribution in [2.24, 2.45) is 7.05 Å². The van der Waals surface area contributed by atoms with Gasteiger partial charge >= 0.3 is 0 Å². The van der Waals surface area contributed by atoms with Crippen LogP contribution in [0.4, 0.5) is 14.6 Å². The van der Waals surface area contributed by atoms with Crippen molar-refractivity contribution in [1.29, 1.82) is 0 Å². The predicted octanol–water partition coefficient (Wildman–Crippen LogP) is 3.57. The highest BCUT2D eigenvalue weighted by Crippen LogP contribution is 2.31. The molecule has 2 N–H and O–H groups in total. The van der Waals surface area contributed by atoms with Crippen LogP contribution in [0.3, 0.4) is 0 Å². The van der Waals surface area contributed by atoms with Crippen molar-refractivity contribution in [2.75, 3.05) is 12.4 Å². The Balaban J connectivity index is 1.47. The number of aryl methyl sites for hydroxylation is 1. The number of imidazole rings is 1. The summed E-state index contributed by atoms with van der Waals surface area (Å²) in [5.74, 6) is -1.04. The molecule has 3 heterocycles. The summed E-state index contributed by atoms with van der Waals surface area (Å²) in [6.07, 6.45) is 1.66. The predicted molar refractivity (Wildman–Crippen MR) is 121 cm³/mol. The van der Waals surface area contributed by atoms with E-state index in [1.54, 1.807) is 37.6 Å². The highest BCUT2D eigenvalue weighted by molar-refractivity contribution is 7.89. The van der Waals surface area contributed by atoms with Crippen LogP contribution in [0.5, 0.6) is 0 Å². The molecule has 0 unspecified atom stereocenters. The molecule has 2 aromatic carbocycles. The molecule has 5 rings (SSSR count). The van der Waals surface area contributed by atoms with Crippen molar-refractivity contribution >= 4 is 38.1 Å². The highest BCUT2D eigenvalue weighted by atomic mass is 32.2. The number of sulfonamides is 1. The van der Waals surface area contributed by atoms with Gasteiger partial charge in [0.25, 0.3) is 5.71 Å². The number of pyridine rings is 1. The zero-order valence-corrected chi connectivity index (χ0v) is 18.8.